The Labute approximate surface area is 131 Å². The third kappa shape index (κ3) is 2.25. The van der Waals surface area contributed by atoms with Crippen LogP contribution in [-0.2, 0) is 0 Å². The fraction of sp³-hybridized carbons (Fsp3) is 0.0714. The molecular weight excluding hydrogens is 358 g/mol. The van der Waals surface area contributed by atoms with Crippen molar-refractivity contribution >= 4 is 32.5 Å². The standard InChI is InChI=1S/C14H9BrF2N4O/c1-5-9(16)8-4-6(2-3-7(8)14(22)19-5)10-13(18)21-12(17)11(15)20-10/h2-4H,1H3,(H2,18,21)(H,19,22). The van der Waals surface area contributed by atoms with Crippen LogP contribution in [0.25, 0.3) is 22.0 Å². The lowest BCUT2D eigenvalue weighted by Gasteiger charge is -2.08. The quantitative estimate of drug-likeness (QED) is 0.693. The van der Waals surface area contributed by atoms with E-state index >= 15 is 0 Å². The van der Waals surface area contributed by atoms with Crippen LogP contribution in [-0.4, -0.2) is 15.0 Å². The summed E-state index contributed by atoms with van der Waals surface area (Å²) < 4.78 is 27.4. The normalized spacial score (nSPS) is 11.1. The van der Waals surface area contributed by atoms with Gasteiger partial charge in [-0.1, -0.05) is 6.07 Å². The molecule has 0 atom stereocenters. The summed E-state index contributed by atoms with van der Waals surface area (Å²) >= 11 is 2.93. The molecule has 1 aromatic carbocycles. The largest absolute Gasteiger partial charge is 0.382 e. The van der Waals surface area contributed by atoms with E-state index in [9.17, 15) is 13.6 Å². The first-order chi connectivity index (χ1) is 10.4. The maximum Gasteiger partial charge on any atom is 0.256 e. The van der Waals surface area contributed by atoms with Crippen molar-refractivity contribution in [1.29, 1.82) is 0 Å². The van der Waals surface area contributed by atoms with E-state index in [-0.39, 0.29) is 38.1 Å². The summed E-state index contributed by atoms with van der Waals surface area (Å²) in [6.45, 7) is 1.46. The van der Waals surface area contributed by atoms with Crippen molar-refractivity contribution in [3.05, 3.63) is 50.6 Å². The topological polar surface area (TPSA) is 84.7 Å². The molecule has 3 aromatic rings. The van der Waals surface area contributed by atoms with Gasteiger partial charge in [0.2, 0.25) is 5.95 Å². The van der Waals surface area contributed by atoms with Crippen molar-refractivity contribution in [1.82, 2.24) is 15.0 Å². The Kier molecular flexibility index (Phi) is 3.40. The number of nitrogen functional groups attached to an aromatic ring is 1. The van der Waals surface area contributed by atoms with E-state index < -0.39 is 11.8 Å². The van der Waals surface area contributed by atoms with Gasteiger partial charge in [-0.3, -0.25) is 4.79 Å². The van der Waals surface area contributed by atoms with Gasteiger partial charge < -0.3 is 10.7 Å². The molecule has 0 saturated carbocycles. The van der Waals surface area contributed by atoms with E-state index in [0.29, 0.717) is 5.56 Å². The molecule has 22 heavy (non-hydrogen) atoms. The van der Waals surface area contributed by atoms with E-state index in [2.05, 4.69) is 30.9 Å². The number of nitrogens with zero attached hydrogens (tertiary/aromatic N) is 2. The predicted molar refractivity (Wildman–Crippen MR) is 82.4 cm³/mol. The lowest BCUT2D eigenvalue weighted by atomic mass is 10.0. The van der Waals surface area contributed by atoms with Crippen LogP contribution in [0.4, 0.5) is 14.6 Å². The highest BCUT2D eigenvalue weighted by Gasteiger charge is 2.14. The molecule has 112 valence electrons. The van der Waals surface area contributed by atoms with Crippen LogP contribution in [0.1, 0.15) is 5.69 Å². The zero-order chi connectivity index (χ0) is 16.0. The minimum absolute atomic E-state index is 0.0978. The number of rotatable bonds is 1. The fourth-order valence-corrected chi connectivity index (χ4v) is 2.45. The first kappa shape index (κ1) is 14.6. The number of benzene rings is 1. The Hall–Kier alpha value is -2.35. The Bertz CT molecular complexity index is 971. The second kappa shape index (κ2) is 5.13. The second-order valence-corrected chi connectivity index (χ2v) is 5.44. The van der Waals surface area contributed by atoms with Crippen molar-refractivity contribution in [3.63, 3.8) is 0 Å². The minimum Gasteiger partial charge on any atom is -0.382 e. The number of halogens is 3. The van der Waals surface area contributed by atoms with Gasteiger partial charge in [-0.2, -0.15) is 9.37 Å². The third-order valence-electron chi connectivity index (χ3n) is 3.25. The van der Waals surface area contributed by atoms with Crippen molar-refractivity contribution in [2.75, 3.05) is 5.73 Å². The highest BCUT2D eigenvalue weighted by atomic mass is 79.9. The molecule has 0 radical (unpaired) electrons. The molecule has 8 heteroatoms. The zero-order valence-electron chi connectivity index (χ0n) is 11.2. The third-order valence-corrected chi connectivity index (χ3v) is 3.75. The molecule has 0 spiro atoms. The molecule has 0 aliphatic rings. The number of hydrogen-bond acceptors (Lipinski definition) is 4. The molecule has 0 aliphatic heterocycles. The Balaban J connectivity index is 2.32. The summed E-state index contributed by atoms with van der Waals surface area (Å²) in [6, 6.07) is 4.46. The predicted octanol–water partition coefficient (Wildman–Crippen LogP) is 2.92. The van der Waals surface area contributed by atoms with Gasteiger partial charge in [-0.05, 0) is 35.0 Å². The van der Waals surface area contributed by atoms with Gasteiger partial charge in [0.1, 0.15) is 11.5 Å². The highest BCUT2D eigenvalue weighted by Crippen LogP contribution is 2.28. The number of hydrogen-bond donors (Lipinski definition) is 2. The Morgan fingerprint density at radius 3 is 2.68 bits per heavy atom. The van der Waals surface area contributed by atoms with E-state index in [4.69, 9.17) is 5.73 Å². The van der Waals surface area contributed by atoms with E-state index in [0.717, 1.165) is 0 Å². The number of H-pyrrole nitrogens is 1. The minimum atomic E-state index is -0.833. The molecule has 0 saturated heterocycles. The van der Waals surface area contributed by atoms with Crippen LogP contribution >= 0.6 is 15.9 Å². The van der Waals surface area contributed by atoms with Crippen LogP contribution in [0.15, 0.2) is 27.6 Å². The summed E-state index contributed by atoms with van der Waals surface area (Å²) in [6.07, 6.45) is 0. The molecule has 5 nitrogen and oxygen atoms in total. The summed E-state index contributed by atoms with van der Waals surface area (Å²) in [5.74, 6) is -1.49. The van der Waals surface area contributed by atoms with E-state index in [1.807, 2.05) is 0 Å². The van der Waals surface area contributed by atoms with Crippen molar-refractivity contribution < 1.29 is 8.78 Å². The van der Waals surface area contributed by atoms with Gasteiger partial charge in [0, 0.05) is 16.3 Å². The van der Waals surface area contributed by atoms with Gasteiger partial charge in [0.15, 0.2) is 10.4 Å². The fourth-order valence-electron chi connectivity index (χ4n) is 2.18. The number of pyridine rings is 1. The van der Waals surface area contributed by atoms with Crippen LogP contribution in [0.2, 0.25) is 0 Å². The number of nitrogens with one attached hydrogen (secondary N) is 1. The number of anilines is 1. The average molecular weight is 367 g/mol. The molecule has 0 aliphatic carbocycles. The number of fused-ring (bicyclic) bond motifs is 1. The first-order valence-corrected chi connectivity index (χ1v) is 6.99. The molecule has 2 heterocycles. The molecule has 3 N–H and O–H groups in total. The summed E-state index contributed by atoms with van der Waals surface area (Å²) in [5.41, 5.74) is 6.05. The monoisotopic (exact) mass is 366 g/mol. The van der Waals surface area contributed by atoms with Crippen LogP contribution < -0.4 is 11.3 Å². The number of aryl methyl sites for hydroxylation is 1. The molecule has 2 aromatic heterocycles. The second-order valence-electron chi connectivity index (χ2n) is 4.69. The molecule has 0 bridgehead atoms. The van der Waals surface area contributed by atoms with Gasteiger partial charge in [-0.15, -0.1) is 0 Å². The lowest BCUT2D eigenvalue weighted by molar-refractivity contribution is 0.571. The maximum absolute atomic E-state index is 14.2. The molecule has 0 amide bonds. The molecule has 0 fully saturated rings. The molecule has 0 unspecified atom stereocenters. The number of nitrogens with two attached hydrogens (primary N) is 1. The number of aromatic nitrogens is 3. The average Bonchev–Trinajstić information content (AvgIpc) is 2.48. The van der Waals surface area contributed by atoms with E-state index in [1.54, 1.807) is 6.07 Å². The summed E-state index contributed by atoms with van der Waals surface area (Å²) in [5, 5.41) is 0.347. The number of aromatic amines is 1. The smallest absolute Gasteiger partial charge is 0.256 e. The SMILES string of the molecule is Cc1[nH]c(=O)c2ccc(-c3nc(Br)c(F)nc3N)cc2c1F. The van der Waals surface area contributed by atoms with E-state index in [1.165, 1.54) is 19.1 Å². The maximum atomic E-state index is 14.2. The van der Waals surface area contributed by atoms with Gasteiger partial charge in [-0.25, -0.2) is 9.37 Å². The van der Waals surface area contributed by atoms with Crippen molar-refractivity contribution in [2.45, 2.75) is 6.92 Å². The zero-order valence-corrected chi connectivity index (χ0v) is 12.8. The Morgan fingerprint density at radius 2 is 1.95 bits per heavy atom. The van der Waals surface area contributed by atoms with Gasteiger partial charge in [0.05, 0.1) is 5.69 Å². The summed E-state index contributed by atoms with van der Waals surface area (Å²) in [7, 11) is 0. The van der Waals surface area contributed by atoms with Crippen LogP contribution in [0, 0.1) is 18.7 Å². The first-order valence-electron chi connectivity index (χ1n) is 6.19. The van der Waals surface area contributed by atoms with Gasteiger partial charge >= 0.3 is 0 Å². The summed E-state index contributed by atoms with van der Waals surface area (Å²) in [4.78, 5) is 21.8. The Morgan fingerprint density at radius 1 is 1.23 bits per heavy atom. The van der Waals surface area contributed by atoms with Crippen molar-refractivity contribution in [3.8, 4) is 11.3 Å². The van der Waals surface area contributed by atoms with Crippen LogP contribution in [0.5, 0.6) is 0 Å². The van der Waals surface area contributed by atoms with Crippen molar-refractivity contribution in [2.24, 2.45) is 0 Å². The van der Waals surface area contributed by atoms with Gasteiger partial charge in [0.25, 0.3) is 5.56 Å². The highest BCUT2D eigenvalue weighted by molar-refractivity contribution is 9.10. The van der Waals surface area contributed by atoms with Crippen LogP contribution in [0.3, 0.4) is 0 Å². The lowest BCUT2D eigenvalue weighted by Crippen LogP contribution is -2.10. The molecular formula is C14H9BrF2N4O. The molecule has 3 rings (SSSR count).